The van der Waals surface area contributed by atoms with Gasteiger partial charge in [-0.05, 0) is 98.3 Å². The van der Waals surface area contributed by atoms with Gasteiger partial charge in [0, 0.05) is 35.1 Å². The number of nitrogens with one attached hydrogen (secondary N) is 2. The predicted octanol–water partition coefficient (Wildman–Crippen LogP) is 6.30. The number of ether oxygens (including phenoxy) is 2. The van der Waals surface area contributed by atoms with E-state index in [1.165, 1.54) is 50.3 Å². The van der Waals surface area contributed by atoms with Gasteiger partial charge in [-0.1, -0.05) is 0 Å². The van der Waals surface area contributed by atoms with Gasteiger partial charge < -0.3 is 25.4 Å². The number of nitrogen functional groups attached to an aromatic ring is 1. The quantitative estimate of drug-likeness (QED) is 0.101. The number of likely N-dealkylation sites (tertiary alicyclic amines) is 1. The van der Waals surface area contributed by atoms with E-state index in [-0.39, 0.29) is 46.2 Å². The number of alkyl halides is 3. The highest BCUT2D eigenvalue weighted by molar-refractivity contribution is 7.92. The van der Waals surface area contributed by atoms with E-state index in [4.69, 9.17) is 10.5 Å². The molecule has 0 saturated carbocycles. The average Bonchev–Trinajstić information content (AvgIpc) is 3.57. The molecule has 2 atom stereocenters. The number of pyridine rings is 1. The Hall–Kier alpha value is -5.45. The monoisotopic (exact) mass is 731 g/mol. The normalized spacial score (nSPS) is 15.5. The Morgan fingerprint density at radius 3 is 2.43 bits per heavy atom. The van der Waals surface area contributed by atoms with Gasteiger partial charge in [0.1, 0.15) is 23.4 Å². The topological polar surface area (TPSA) is 170 Å². The highest BCUT2D eigenvalue weighted by Gasteiger charge is 2.43. The summed E-state index contributed by atoms with van der Waals surface area (Å²) in [7, 11) is -2.65. The molecule has 1 aromatic heterocycles. The lowest BCUT2D eigenvalue weighted by Gasteiger charge is -2.32. The van der Waals surface area contributed by atoms with Gasteiger partial charge in [-0.3, -0.25) is 10.1 Å². The maximum Gasteiger partial charge on any atom is 0.491 e. The number of nitrogens with two attached hydrogens (primary N) is 1. The summed E-state index contributed by atoms with van der Waals surface area (Å²) >= 11 is 0. The zero-order valence-corrected chi connectivity index (χ0v) is 28.3. The SMILES string of the molecule is COc1ccc(F)c(C(Nc2ccc3c(N)nccc3c2)C(=O)N2CCCC2c2cc(NC(=O)OC(=O)C(F)(F)F)ccc2S(=O)(=O)C(C)C)c1. The minimum absolute atomic E-state index is 0.0491. The number of hydrogen-bond acceptors (Lipinski definition) is 10. The number of hydrogen-bond donors (Lipinski definition) is 3. The average molecular weight is 732 g/mol. The van der Waals surface area contributed by atoms with Crippen LogP contribution in [0, 0.1) is 5.82 Å². The second kappa shape index (κ2) is 14.4. The Bertz CT molecular complexity index is 2110. The van der Waals surface area contributed by atoms with Crippen LogP contribution in [-0.4, -0.2) is 61.4 Å². The van der Waals surface area contributed by atoms with Crippen molar-refractivity contribution in [3.63, 3.8) is 0 Å². The molecule has 2 amide bonds. The van der Waals surface area contributed by atoms with E-state index in [0.717, 1.165) is 18.2 Å². The van der Waals surface area contributed by atoms with Crippen molar-refractivity contribution in [3.8, 4) is 5.75 Å². The van der Waals surface area contributed by atoms with Gasteiger partial charge in [0.15, 0.2) is 9.84 Å². The van der Waals surface area contributed by atoms with E-state index >= 15 is 4.39 Å². The number of benzene rings is 3. The van der Waals surface area contributed by atoms with Crippen molar-refractivity contribution in [2.45, 2.75) is 55.1 Å². The summed E-state index contributed by atoms with van der Waals surface area (Å²) in [5, 5.41) is 5.54. The first-order valence-corrected chi connectivity index (χ1v) is 17.1. The zero-order valence-electron chi connectivity index (χ0n) is 27.5. The number of nitrogens with zero attached hydrogens (tertiary/aromatic N) is 2. The van der Waals surface area contributed by atoms with E-state index in [9.17, 15) is 36.0 Å². The third kappa shape index (κ3) is 7.82. The lowest BCUT2D eigenvalue weighted by molar-refractivity contribution is -0.192. The van der Waals surface area contributed by atoms with Crippen molar-refractivity contribution in [1.82, 2.24) is 9.88 Å². The summed E-state index contributed by atoms with van der Waals surface area (Å²) in [5.74, 6) is -3.56. The van der Waals surface area contributed by atoms with Crippen LogP contribution in [0.4, 0.5) is 39.5 Å². The van der Waals surface area contributed by atoms with E-state index < -0.39 is 57.1 Å². The molecule has 4 aromatic rings. The number of aromatic nitrogens is 1. The molecular formula is C34H33F4N5O7S. The molecule has 5 rings (SSSR count). The van der Waals surface area contributed by atoms with Gasteiger partial charge in [-0.25, -0.2) is 27.4 Å². The number of anilines is 3. The minimum atomic E-state index is -5.44. The number of amides is 2. The fourth-order valence-corrected chi connectivity index (χ4v) is 7.09. The first kappa shape index (κ1) is 36.8. The number of carbonyl (C=O) groups is 3. The number of methoxy groups -OCH3 is 1. The summed E-state index contributed by atoms with van der Waals surface area (Å²) in [4.78, 5) is 43.2. The summed E-state index contributed by atoms with van der Waals surface area (Å²) in [6, 6.07) is 11.8. The summed E-state index contributed by atoms with van der Waals surface area (Å²) in [6.45, 7) is 3.01. The van der Waals surface area contributed by atoms with Gasteiger partial charge in [-0.15, -0.1) is 0 Å². The molecule has 0 spiro atoms. The van der Waals surface area contributed by atoms with Crippen LogP contribution in [0.2, 0.25) is 0 Å². The lowest BCUT2D eigenvalue weighted by Crippen LogP contribution is -2.38. The molecular weight excluding hydrogens is 698 g/mol. The van der Waals surface area contributed by atoms with Gasteiger partial charge in [0.05, 0.1) is 23.3 Å². The molecule has 2 heterocycles. The van der Waals surface area contributed by atoms with Gasteiger partial charge in [0.25, 0.3) is 0 Å². The first-order chi connectivity index (χ1) is 24.0. The van der Waals surface area contributed by atoms with Crippen molar-refractivity contribution >= 4 is 55.8 Å². The van der Waals surface area contributed by atoms with Gasteiger partial charge >= 0.3 is 18.2 Å². The van der Waals surface area contributed by atoms with Crippen molar-refractivity contribution in [1.29, 1.82) is 0 Å². The summed E-state index contributed by atoms with van der Waals surface area (Å²) < 4.78 is 89.8. The van der Waals surface area contributed by atoms with Crippen molar-refractivity contribution in [2.24, 2.45) is 0 Å². The van der Waals surface area contributed by atoms with Gasteiger partial charge in [0.2, 0.25) is 5.91 Å². The second-order valence-corrected chi connectivity index (χ2v) is 14.4. The third-order valence-electron chi connectivity index (χ3n) is 8.36. The number of esters is 1. The van der Waals surface area contributed by atoms with Crippen LogP contribution in [-0.2, 0) is 24.2 Å². The Balaban J connectivity index is 1.57. The van der Waals surface area contributed by atoms with Crippen LogP contribution in [0.5, 0.6) is 5.75 Å². The Labute approximate surface area is 289 Å². The molecule has 270 valence electrons. The molecule has 4 N–H and O–H groups in total. The van der Waals surface area contributed by atoms with E-state index in [1.807, 2.05) is 5.32 Å². The van der Waals surface area contributed by atoms with Crippen molar-refractivity contribution in [2.75, 3.05) is 30.0 Å². The molecule has 17 heteroatoms. The molecule has 12 nitrogen and oxygen atoms in total. The Morgan fingerprint density at radius 1 is 1.02 bits per heavy atom. The van der Waals surface area contributed by atoms with Crippen LogP contribution in [0.3, 0.4) is 0 Å². The maximum absolute atomic E-state index is 15.6. The smallest absolute Gasteiger partial charge is 0.491 e. The van der Waals surface area contributed by atoms with Crippen LogP contribution in [0.15, 0.2) is 71.8 Å². The highest BCUT2D eigenvalue weighted by Crippen LogP contribution is 2.41. The minimum Gasteiger partial charge on any atom is -0.497 e. The lowest BCUT2D eigenvalue weighted by atomic mass is 10.00. The molecule has 0 radical (unpaired) electrons. The van der Waals surface area contributed by atoms with E-state index in [0.29, 0.717) is 22.9 Å². The molecule has 1 saturated heterocycles. The molecule has 1 aliphatic rings. The molecule has 0 bridgehead atoms. The fourth-order valence-electron chi connectivity index (χ4n) is 5.81. The third-order valence-corrected chi connectivity index (χ3v) is 10.6. The van der Waals surface area contributed by atoms with Crippen LogP contribution in [0.25, 0.3) is 10.8 Å². The number of fused-ring (bicyclic) bond motifs is 1. The molecule has 51 heavy (non-hydrogen) atoms. The van der Waals surface area contributed by atoms with Crippen molar-refractivity contribution in [3.05, 3.63) is 83.8 Å². The van der Waals surface area contributed by atoms with E-state index in [2.05, 4.69) is 15.0 Å². The first-order valence-electron chi connectivity index (χ1n) is 15.5. The Kier molecular flexibility index (Phi) is 10.4. The summed E-state index contributed by atoms with van der Waals surface area (Å²) in [5.41, 5.74) is 6.20. The second-order valence-electron chi connectivity index (χ2n) is 11.9. The molecule has 0 aliphatic carbocycles. The fraction of sp³-hybridized carbons (Fsp3) is 0.294. The zero-order chi connectivity index (χ0) is 37.2. The number of carbonyl (C=O) groups excluding carboxylic acids is 3. The van der Waals surface area contributed by atoms with Crippen LogP contribution >= 0.6 is 0 Å². The van der Waals surface area contributed by atoms with E-state index in [1.54, 1.807) is 24.3 Å². The van der Waals surface area contributed by atoms with Crippen molar-refractivity contribution < 1.29 is 49.8 Å². The molecule has 1 fully saturated rings. The van der Waals surface area contributed by atoms with Gasteiger partial charge in [-0.2, -0.15) is 13.2 Å². The standard InChI is InChI=1S/C34H33F4N5O7S/c1-18(2)51(47,48)28-11-7-21(42-33(46)50-32(45)34(36,37)38)16-25(28)27-5-4-14-43(27)31(44)29(24-17-22(49-3)8-10-26(24)35)41-20-6-9-23-19(15-20)12-13-40-30(23)39/h6-13,15-18,27,29,41H,4-5,14H2,1-3H3,(H2,39,40)(H,42,46). The molecule has 1 aliphatic heterocycles. The Morgan fingerprint density at radius 2 is 1.75 bits per heavy atom. The summed E-state index contributed by atoms with van der Waals surface area (Å²) in [6.07, 6.45) is -5.05. The number of halogens is 4. The molecule has 3 aromatic carbocycles. The van der Waals surface area contributed by atoms with Crippen LogP contribution < -0.4 is 21.1 Å². The van der Waals surface area contributed by atoms with Crippen LogP contribution in [0.1, 0.15) is 49.9 Å². The highest BCUT2D eigenvalue weighted by atomic mass is 32.2. The molecule has 2 unspecified atom stereocenters. The predicted molar refractivity (Wildman–Crippen MR) is 179 cm³/mol. The number of rotatable bonds is 9. The number of sulfone groups is 1. The largest absolute Gasteiger partial charge is 0.497 e. The maximum atomic E-state index is 15.6.